The number of quaternary nitrogens is 1. The molecule has 28 heavy (non-hydrogen) atoms. The number of sulfonamides is 1. The molecule has 0 radical (unpaired) electrons. The van der Waals surface area contributed by atoms with Gasteiger partial charge in [-0.2, -0.15) is 4.31 Å². The maximum Gasteiger partial charge on any atom is 0.279 e. The molecule has 156 valence electrons. The Morgan fingerprint density at radius 1 is 1.11 bits per heavy atom. The molecule has 0 unspecified atom stereocenters. The largest absolute Gasteiger partial charge is 0.338 e. The van der Waals surface area contributed by atoms with Gasteiger partial charge in [0.05, 0.1) is 22.2 Å². The van der Waals surface area contributed by atoms with Crippen molar-refractivity contribution in [3.8, 4) is 0 Å². The number of amides is 1. The topological polar surface area (TPSA) is 83.1 Å². The van der Waals surface area contributed by atoms with Crippen LogP contribution in [0.2, 0.25) is 5.02 Å². The van der Waals surface area contributed by atoms with Crippen LogP contribution >= 0.6 is 11.6 Å². The fourth-order valence-corrected chi connectivity index (χ4v) is 5.80. The van der Waals surface area contributed by atoms with E-state index in [0.717, 1.165) is 25.8 Å². The van der Waals surface area contributed by atoms with Gasteiger partial charge < -0.3 is 10.6 Å². The summed E-state index contributed by atoms with van der Waals surface area (Å²) in [6.07, 6.45) is 9.23. The van der Waals surface area contributed by atoms with Crippen molar-refractivity contribution < 1.29 is 18.5 Å². The van der Waals surface area contributed by atoms with Gasteiger partial charge in [-0.1, -0.05) is 37.3 Å². The zero-order valence-corrected chi connectivity index (χ0v) is 17.9. The molecule has 1 saturated heterocycles. The van der Waals surface area contributed by atoms with Gasteiger partial charge in [0.15, 0.2) is 6.54 Å². The van der Waals surface area contributed by atoms with Crippen molar-refractivity contribution in [2.45, 2.75) is 56.3 Å². The monoisotopic (exact) mass is 428 g/mol. The molecule has 3 rings (SSSR count). The highest BCUT2D eigenvalue weighted by molar-refractivity contribution is 7.89. The van der Waals surface area contributed by atoms with Crippen molar-refractivity contribution in [1.82, 2.24) is 4.31 Å². The molecule has 0 spiro atoms. The molecule has 8 heteroatoms. The Hall–Kier alpha value is -1.15. The molecule has 2 aliphatic rings. The van der Waals surface area contributed by atoms with Crippen LogP contribution in [0.1, 0.15) is 51.4 Å². The highest BCUT2D eigenvalue weighted by Gasteiger charge is 2.26. The third-order valence-corrected chi connectivity index (χ3v) is 7.94. The van der Waals surface area contributed by atoms with E-state index in [9.17, 15) is 13.2 Å². The van der Waals surface area contributed by atoms with Crippen LogP contribution in [0.4, 0.5) is 5.69 Å². The molecule has 3 N–H and O–H groups in total. The van der Waals surface area contributed by atoms with E-state index in [0.29, 0.717) is 36.3 Å². The first-order valence-corrected chi connectivity index (χ1v) is 12.2. The predicted octanol–water partition coefficient (Wildman–Crippen LogP) is 2.60. The van der Waals surface area contributed by atoms with E-state index in [1.165, 1.54) is 48.5 Å². The Balaban J connectivity index is 1.58. The number of halogens is 1. The smallest absolute Gasteiger partial charge is 0.279 e. The third-order valence-electron chi connectivity index (χ3n) is 5.72. The lowest BCUT2D eigenvalue weighted by Gasteiger charge is -2.26. The fourth-order valence-electron chi connectivity index (χ4n) is 4.09. The van der Waals surface area contributed by atoms with Gasteiger partial charge in [-0.25, -0.2) is 8.42 Å². The van der Waals surface area contributed by atoms with Gasteiger partial charge in [-0.3, -0.25) is 4.79 Å². The van der Waals surface area contributed by atoms with Gasteiger partial charge >= 0.3 is 0 Å². The summed E-state index contributed by atoms with van der Waals surface area (Å²) in [5.74, 6) is 0.536. The molecule has 2 fully saturated rings. The van der Waals surface area contributed by atoms with Gasteiger partial charge in [0.2, 0.25) is 10.0 Å². The standard InChI is InChI=1S/C20H30ClN3O3S/c21-18-10-9-17(28(26,27)24-11-5-2-6-12-24)13-19(18)23-20(25)15-22-14-16-7-3-1-4-8-16/h9-10,13,16,22H,1-8,11-12,14-15H2,(H,23,25)/p+1. The Kier molecular flexibility index (Phi) is 7.74. The summed E-state index contributed by atoms with van der Waals surface area (Å²) in [5.41, 5.74) is 0.357. The van der Waals surface area contributed by atoms with E-state index < -0.39 is 10.0 Å². The average molecular weight is 429 g/mol. The molecule has 1 saturated carbocycles. The van der Waals surface area contributed by atoms with Crippen molar-refractivity contribution in [3.05, 3.63) is 23.2 Å². The zero-order valence-electron chi connectivity index (χ0n) is 16.3. The van der Waals surface area contributed by atoms with E-state index >= 15 is 0 Å². The van der Waals surface area contributed by atoms with Gasteiger partial charge in [-0.15, -0.1) is 0 Å². The lowest BCUT2D eigenvalue weighted by molar-refractivity contribution is -0.649. The molecule has 0 atom stereocenters. The number of benzene rings is 1. The third kappa shape index (κ3) is 5.69. The highest BCUT2D eigenvalue weighted by Crippen LogP contribution is 2.28. The lowest BCUT2D eigenvalue weighted by atomic mass is 9.89. The number of carbonyl (C=O) groups excluding carboxylic acids is 1. The summed E-state index contributed by atoms with van der Waals surface area (Å²) in [5, 5.41) is 5.16. The van der Waals surface area contributed by atoms with Crippen LogP contribution in [0.15, 0.2) is 23.1 Å². The van der Waals surface area contributed by atoms with Crippen LogP contribution in [0, 0.1) is 5.92 Å². The van der Waals surface area contributed by atoms with Crippen LogP contribution in [0.3, 0.4) is 0 Å². The maximum absolute atomic E-state index is 12.8. The second kappa shape index (κ2) is 10.1. The number of anilines is 1. The molecule has 1 aromatic carbocycles. The van der Waals surface area contributed by atoms with Crippen molar-refractivity contribution in [2.75, 3.05) is 31.5 Å². The predicted molar refractivity (Wildman–Crippen MR) is 111 cm³/mol. The van der Waals surface area contributed by atoms with Crippen LogP contribution in [-0.2, 0) is 14.8 Å². The molecule has 1 aliphatic carbocycles. The highest BCUT2D eigenvalue weighted by atomic mass is 35.5. The first-order valence-electron chi connectivity index (χ1n) is 10.4. The normalized spacial score (nSPS) is 19.5. The fraction of sp³-hybridized carbons (Fsp3) is 0.650. The molecular formula is C20H31ClN3O3S+. The molecular weight excluding hydrogens is 398 g/mol. The molecule has 1 amide bonds. The van der Waals surface area contributed by atoms with Gasteiger partial charge in [0.25, 0.3) is 5.91 Å². The van der Waals surface area contributed by atoms with Crippen LogP contribution in [0.5, 0.6) is 0 Å². The number of carbonyl (C=O) groups is 1. The van der Waals surface area contributed by atoms with Gasteiger partial charge in [0, 0.05) is 19.0 Å². The average Bonchev–Trinajstić information content (AvgIpc) is 2.71. The number of nitrogens with two attached hydrogens (primary N) is 1. The summed E-state index contributed by atoms with van der Waals surface area (Å²) in [6, 6.07) is 4.53. The quantitative estimate of drug-likeness (QED) is 0.700. The summed E-state index contributed by atoms with van der Waals surface area (Å²) < 4.78 is 27.2. The number of nitrogens with one attached hydrogen (secondary N) is 1. The number of rotatable bonds is 7. The number of hydrogen-bond acceptors (Lipinski definition) is 3. The van der Waals surface area contributed by atoms with Gasteiger partial charge in [-0.05, 0) is 43.9 Å². The Labute approximate surface area is 173 Å². The Morgan fingerprint density at radius 2 is 1.79 bits per heavy atom. The minimum absolute atomic E-state index is 0.162. The number of piperidine rings is 1. The Bertz CT molecular complexity index is 773. The molecule has 1 heterocycles. The summed E-state index contributed by atoms with van der Waals surface area (Å²) >= 11 is 6.20. The first kappa shape index (κ1) is 21.6. The summed E-state index contributed by atoms with van der Waals surface area (Å²) in [7, 11) is -3.55. The SMILES string of the molecule is O=C(C[NH2+]CC1CCCCC1)Nc1cc(S(=O)(=O)N2CCCCC2)ccc1Cl. The van der Waals surface area contributed by atoms with E-state index in [2.05, 4.69) is 5.32 Å². The minimum atomic E-state index is -3.55. The number of hydrogen-bond donors (Lipinski definition) is 2. The van der Waals surface area contributed by atoms with Crippen LogP contribution in [0.25, 0.3) is 0 Å². The number of nitrogens with zero attached hydrogens (tertiary/aromatic N) is 1. The van der Waals surface area contributed by atoms with Gasteiger partial charge in [0.1, 0.15) is 0 Å². The minimum Gasteiger partial charge on any atom is -0.338 e. The van der Waals surface area contributed by atoms with Crippen molar-refractivity contribution in [2.24, 2.45) is 5.92 Å². The second-order valence-electron chi connectivity index (χ2n) is 7.89. The van der Waals surface area contributed by atoms with Crippen molar-refractivity contribution in [3.63, 3.8) is 0 Å². The molecule has 1 aromatic rings. The van der Waals surface area contributed by atoms with E-state index in [-0.39, 0.29) is 10.8 Å². The molecule has 6 nitrogen and oxygen atoms in total. The van der Waals surface area contributed by atoms with Crippen molar-refractivity contribution in [1.29, 1.82) is 0 Å². The Morgan fingerprint density at radius 3 is 2.50 bits per heavy atom. The summed E-state index contributed by atoms with van der Waals surface area (Å²) in [6.45, 7) is 2.37. The van der Waals surface area contributed by atoms with E-state index in [1.807, 2.05) is 5.32 Å². The maximum atomic E-state index is 12.8. The zero-order chi connectivity index (χ0) is 20.0. The van der Waals surface area contributed by atoms with E-state index in [1.54, 1.807) is 6.07 Å². The van der Waals surface area contributed by atoms with Crippen LogP contribution < -0.4 is 10.6 Å². The van der Waals surface area contributed by atoms with E-state index in [4.69, 9.17) is 11.6 Å². The molecule has 0 aromatic heterocycles. The second-order valence-corrected chi connectivity index (χ2v) is 10.2. The molecule has 0 bridgehead atoms. The summed E-state index contributed by atoms with van der Waals surface area (Å²) in [4.78, 5) is 12.5. The molecule has 1 aliphatic heterocycles. The lowest BCUT2D eigenvalue weighted by Crippen LogP contribution is -2.87. The first-order chi connectivity index (χ1) is 13.5. The van der Waals surface area contributed by atoms with Crippen molar-refractivity contribution >= 4 is 33.2 Å². The van der Waals surface area contributed by atoms with Crippen LogP contribution in [-0.4, -0.2) is 44.8 Å².